The Morgan fingerprint density at radius 2 is 1.03 bits per heavy atom. The minimum atomic E-state index is -4.42. The molecule has 0 aromatic heterocycles. The fourth-order valence-corrected chi connectivity index (χ4v) is 9.31. The molecule has 0 fully saturated rings. The summed E-state index contributed by atoms with van der Waals surface area (Å²) in [7, 11) is -6.61. The van der Waals surface area contributed by atoms with Gasteiger partial charge < -0.3 is 4.55 Å². The summed E-state index contributed by atoms with van der Waals surface area (Å²) in [4.78, 5) is 0. The zero-order chi connectivity index (χ0) is 21.8. The average Bonchev–Trinajstić information content (AvgIpc) is 2.70. The normalized spacial score (nSPS) is 12.1. The van der Waals surface area contributed by atoms with Gasteiger partial charge in [0.1, 0.15) is 49.8 Å². The van der Waals surface area contributed by atoms with Crippen molar-refractivity contribution in [3.63, 3.8) is 0 Å². The summed E-state index contributed by atoms with van der Waals surface area (Å²) in [6, 6.07) is 17.8. The highest BCUT2D eigenvalue weighted by molar-refractivity contribution is 8.69. The Morgan fingerprint density at radius 3 is 1.33 bits per heavy atom. The van der Waals surface area contributed by atoms with E-state index < -0.39 is 33.9 Å². The molecule has 0 saturated carbocycles. The first-order chi connectivity index (χ1) is 14.2. The van der Waals surface area contributed by atoms with Gasteiger partial charge in [0.05, 0.1) is 6.16 Å². The second-order valence-electron chi connectivity index (χ2n) is 6.55. The van der Waals surface area contributed by atoms with Crippen molar-refractivity contribution in [1.82, 2.24) is 0 Å². The molecule has 0 amide bonds. The summed E-state index contributed by atoms with van der Waals surface area (Å²) in [5.74, 6) is -1.16. The molecule has 0 radical (unpaired) electrons. The monoisotopic (exact) mass is 470 g/mol. The Labute approximate surface area is 177 Å². The van der Waals surface area contributed by atoms with Crippen LogP contribution in [-0.2, 0) is 9.15 Å². The van der Waals surface area contributed by atoms with Gasteiger partial charge in [-0.1, -0.05) is 0 Å². The van der Waals surface area contributed by atoms with E-state index in [1.54, 1.807) is 36.4 Å². The first-order valence-corrected chi connectivity index (χ1v) is 13.9. The number of hydrogen-bond donors (Lipinski definition) is 0. The molecule has 0 unspecified atom stereocenters. The van der Waals surface area contributed by atoms with Crippen molar-refractivity contribution in [2.45, 2.75) is 6.42 Å². The SMILES string of the molecule is O=S(=O)([O-])SCCC[P+](c1ccc(F)cc1)(c1ccc(F)cc1)c1ccc(F)cc1. The van der Waals surface area contributed by atoms with E-state index in [-0.39, 0.29) is 5.75 Å². The number of benzene rings is 3. The summed E-state index contributed by atoms with van der Waals surface area (Å²) in [5, 5.41) is 2.37. The Kier molecular flexibility index (Phi) is 7.24. The Morgan fingerprint density at radius 1 is 0.700 bits per heavy atom. The lowest BCUT2D eigenvalue weighted by atomic mass is 10.3. The molecule has 0 aliphatic heterocycles. The lowest BCUT2D eigenvalue weighted by molar-refractivity contribution is 0.482. The van der Waals surface area contributed by atoms with Crippen LogP contribution in [0.5, 0.6) is 0 Å². The predicted molar refractivity (Wildman–Crippen MR) is 117 cm³/mol. The molecule has 3 rings (SSSR count). The first kappa shape index (κ1) is 22.8. The van der Waals surface area contributed by atoms with Crippen LogP contribution in [0.4, 0.5) is 13.2 Å². The smallest absolute Gasteiger partial charge is 0.149 e. The quantitative estimate of drug-likeness (QED) is 0.216. The van der Waals surface area contributed by atoms with Crippen LogP contribution in [0.3, 0.4) is 0 Å². The van der Waals surface area contributed by atoms with Crippen molar-refractivity contribution in [3.8, 4) is 0 Å². The molecule has 9 heteroatoms. The highest BCUT2D eigenvalue weighted by atomic mass is 33.1. The summed E-state index contributed by atoms with van der Waals surface area (Å²) in [6.07, 6.45) is 0.810. The van der Waals surface area contributed by atoms with Crippen LogP contribution in [0, 0.1) is 17.5 Å². The van der Waals surface area contributed by atoms with Crippen LogP contribution in [-0.4, -0.2) is 24.9 Å². The number of hydrogen-bond acceptors (Lipinski definition) is 4. The molecule has 0 N–H and O–H groups in total. The first-order valence-electron chi connectivity index (χ1n) is 8.97. The Hall–Kier alpha value is -1.86. The van der Waals surface area contributed by atoms with E-state index >= 15 is 0 Å². The Bertz CT molecular complexity index is 977. The molecule has 0 atom stereocenters. The highest BCUT2D eigenvalue weighted by Crippen LogP contribution is 2.56. The third-order valence-corrected chi connectivity index (χ3v) is 11.3. The van der Waals surface area contributed by atoms with E-state index in [2.05, 4.69) is 0 Å². The summed E-state index contributed by atoms with van der Waals surface area (Å²) < 4.78 is 73.8. The molecule has 0 saturated heterocycles. The van der Waals surface area contributed by atoms with E-state index in [1.165, 1.54) is 36.4 Å². The Balaban J connectivity index is 2.15. The minimum absolute atomic E-state index is 0.0805. The van der Waals surface area contributed by atoms with Crippen LogP contribution in [0.15, 0.2) is 72.8 Å². The van der Waals surface area contributed by atoms with E-state index in [0.29, 0.717) is 23.4 Å². The van der Waals surface area contributed by atoms with Gasteiger partial charge in [-0.05, 0) is 90.0 Å². The van der Waals surface area contributed by atoms with Gasteiger partial charge in [0.15, 0.2) is 0 Å². The molecule has 158 valence electrons. The second-order valence-corrected chi connectivity index (χ2v) is 13.6. The minimum Gasteiger partial charge on any atom is -0.739 e. The van der Waals surface area contributed by atoms with Crippen molar-refractivity contribution < 1.29 is 26.1 Å². The fourth-order valence-electron chi connectivity index (χ4n) is 3.38. The molecular weight excluding hydrogens is 452 g/mol. The molecule has 30 heavy (non-hydrogen) atoms. The summed E-state index contributed by atoms with van der Waals surface area (Å²) in [6.45, 7) is 0. The van der Waals surface area contributed by atoms with Gasteiger partial charge >= 0.3 is 0 Å². The lowest BCUT2D eigenvalue weighted by Crippen LogP contribution is -2.33. The lowest BCUT2D eigenvalue weighted by Gasteiger charge is -2.28. The van der Waals surface area contributed by atoms with Crippen LogP contribution in [0.2, 0.25) is 0 Å². The summed E-state index contributed by atoms with van der Waals surface area (Å²) >= 11 is 0. The van der Waals surface area contributed by atoms with Gasteiger partial charge in [-0.25, -0.2) is 21.6 Å². The molecule has 3 aromatic rings. The highest BCUT2D eigenvalue weighted by Gasteiger charge is 2.45. The van der Waals surface area contributed by atoms with E-state index in [9.17, 15) is 26.1 Å². The third kappa shape index (κ3) is 5.43. The molecule has 0 aliphatic carbocycles. The van der Waals surface area contributed by atoms with Crippen molar-refractivity contribution in [2.24, 2.45) is 0 Å². The maximum Gasteiger partial charge on any atom is 0.149 e. The summed E-state index contributed by atoms with van der Waals surface area (Å²) in [5.41, 5.74) is 0. The maximum atomic E-state index is 13.6. The van der Waals surface area contributed by atoms with E-state index in [1.807, 2.05) is 0 Å². The van der Waals surface area contributed by atoms with E-state index in [4.69, 9.17) is 0 Å². The van der Waals surface area contributed by atoms with Crippen molar-refractivity contribution in [3.05, 3.63) is 90.2 Å². The van der Waals surface area contributed by atoms with Gasteiger partial charge in [0.2, 0.25) is 0 Å². The van der Waals surface area contributed by atoms with E-state index in [0.717, 1.165) is 15.9 Å². The van der Waals surface area contributed by atoms with Crippen LogP contribution in [0.1, 0.15) is 6.42 Å². The molecular formula is C21H18F3O3PS2. The number of halogens is 3. The molecule has 0 spiro atoms. The van der Waals surface area contributed by atoms with Gasteiger partial charge in [-0.3, -0.25) is 0 Å². The van der Waals surface area contributed by atoms with Crippen molar-refractivity contribution in [1.29, 1.82) is 0 Å². The van der Waals surface area contributed by atoms with Crippen LogP contribution in [0.25, 0.3) is 0 Å². The van der Waals surface area contributed by atoms with Gasteiger partial charge in [-0.2, -0.15) is 0 Å². The largest absolute Gasteiger partial charge is 0.739 e. The maximum absolute atomic E-state index is 13.6. The fraction of sp³-hybridized carbons (Fsp3) is 0.143. The molecule has 0 aliphatic rings. The van der Waals surface area contributed by atoms with Crippen LogP contribution < -0.4 is 15.9 Å². The number of rotatable bonds is 8. The predicted octanol–water partition coefficient (Wildman–Crippen LogP) is 3.98. The topological polar surface area (TPSA) is 57.2 Å². The third-order valence-electron chi connectivity index (χ3n) is 4.67. The van der Waals surface area contributed by atoms with Gasteiger partial charge in [0, 0.05) is 5.75 Å². The van der Waals surface area contributed by atoms with Crippen molar-refractivity contribution in [2.75, 3.05) is 11.9 Å². The standard InChI is InChI=1S/C21H18F3O3PS2/c22-16-2-8-19(9-3-16)28(14-1-15-29-30(25,26)27,20-10-4-17(23)5-11-20)21-12-6-18(24)7-13-21/h2-13H,1,14-15H2. The molecule has 3 nitrogen and oxygen atoms in total. The molecule has 0 heterocycles. The van der Waals surface area contributed by atoms with Gasteiger partial charge in [0.25, 0.3) is 0 Å². The zero-order valence-corrected chi connectivity index (χ0v) is 18.2. The van der Waals surface area contributed by atoms with Crippen molar-refractivity contribution >= 4 is 43.1 Å². The zero-order valence-electron chi connectivity index (χ0n) is 15.7. The molecule has 3 aromatic carbocycles. The second kappa shape index (κ2) is 9.52. The molecule has 0 bridgehead atoms. The van der Waals surface area contributed by atoms with Crippen LogP contribution >= 0.6 is 18.1 Å². The van der Waals surface area contributed by atoms with Gasteiger partial charge in [-0.15, -0.1) is 0 Å². The average molecular weight is 470 g/mol.